The third kappa shape index (κ3) is 2.88. The Kier molecular flexibility index (Phi) is 3.69. The maximum atomic E-state index is 11.9. The molecule has 0 fully saturated rings. The Hall–Kier alpha value is -2.96. The first-order valence-electron chi connectivity index (χ1n) is 6.78. The number of aromatic nitrogens is 4. The Balaban J connectivity index is 1.71. The summed E-state index contributed by atoms with van der Waals surface area (Å²) in [5, 5.41) is 10.9. The third-order valence-corrected chi connectivity index (χ3v) is 3.22. The fraction of sp³-hybridized carbons (Fsp3) is 0.200. The number of aryl methyl sites for hydroxylation is 2. The largest absolute Gasteiger partial charge is 0.361 e. The summed E-state index contributed by atoms with van der Waals surface area (Å²) in [5.41, 5.74) is 2.90. The van der Waals surface area contributed by atoms with Crippen LogP contribution in [0.15, 0.2) is 41.2 Å². The number of nitrogens with zero attached hydrogens (tertiary/aromatic N) is 4. The second-order valence-electron chi connectivity index (χ2n) is 4.89. The molecule has 7 heteroatoms. The summed E-state index contributed by atoms with van der Waals surface area (Å²) >= 11 is 0. The summed E-state index contributed by atoms with van der Waals surface area (Å²) in [6.07, 6.45) is 3.47. The Morgan fingerprint density at radius 3 is 2.95 bits per heavy atom. The van der Waals surface area contributed by atoms with Crippen LogP contribution in [0.5, 0.6) is 0 Å². The number of nitrogens with one attached hydrogen (secondary N) is 1. The van der Waals surface area contributed by atoms with E-state index >= 15 is 0 Å². The molecule has 0 saturated heterocycles. The molecule has 3 rings (SSSR count). The van der Waals surface area contributed by atoms with Crippen molar-refractivity contribution in [1.82, 2.24) is 25.2 Å². The number of carbonyl (C=O) groups is 1. The molecule has 3 aromatic rings. The van der Waals surface area contributed by atoms with Gasteiger partial charge in [0.05, 0.1) is 17.9 Å². The first-order chi connectivity index (χ1) is 10.6. The van der Waals surface area contributed by atoms with Crippen LogP contribution in [0, 0.1) is 6.92 Å². The molecule has 0 radical (unpaired) electrons. The number of amides is 1. The number of hydrogen-bond donors (Lipinski definition) is 1. The summed E-state index contributed by atoms with van der Waals surface area (Å²) in [7, 11) is 1.83. The van der Waals surface area contributed by atoms with Gasteiger partial charge in [0.15, 0.2) is 5.69 Å². The maximum Gasteiger partial charge on any atom is 0.273 e. The number of hydrogen-bond acceptors (Lipinski definition) is 5. The molecule has 0 aliphatic heterocycles. The summed E-state index contributed by atoms with van der Waals surface area (Å²) in [4.78, 5) is 16.0. The zero-order chi connectivity index (χ0) is 15.5. The molecule has 1 amide bonds. The highest BCUT2D eigenvalue weighted by Crippen LogP contribution is 2.17. The van der Waals surface area contributed by atoms with Crippen LogP contribution in [0.2, 0.25) is 0 Å². The molecule has 0 aromatic carbocycles. The van der Waals surface area contributed by atoms with Crippen molar-refractivity contribution >= 4 is 5.91 Å². The summed E-state index contributed by atoms with van der Waals surface area (Å²) in [6.45, 7) is 2.10. The number of rotatable bonds is 4. The first-order valence-corrected chi connectivity index (χ1v) is 6.78. The molecule has 0 saturated carbocycles. The summed E-state index contributed by atoms with van der Waals surface area (Å²) < 4.78 is 6.62. The average molecular weight is 297 g/mol. The van der Waals surface area contributed by atoms with Crippen molar-refractivity contribution in [1.29, 1.82) is 0 Å². The molecule has 0 unspecified atom stereocenters. The van der Waals surface area contributed by atoms with Crippen LogP contribution in [0.25, 0.3) is 11.3 Å². The van der Waals surface area contributed by atoms with Gasteiger partial charge >= 0.3 is 0 Å². The highest BCUT2D eigenvalue weighted by Gasteiger charge is 2.12. The molecule has 1 N–H and O–H groups in total. The topological polar surface area (TPSA) is 85.8 Å². The van der Waals surface area contributed by atoms with Crippen LogP contribution >= 0.6 is 0 Å². The van der Waals surface area contributed by atoms with Crippen LogP contribution < -0.4 is 5.32 Å². The molecular weight excluding hydrogens is 282 g/mol. The van der Waals surface area contributed by atoms with Gasteiger partial charge in [0.25, 0.3) is 5.91 Å². The molecule has 0 aliphatic rings. The zero-order valence-electron chi connectivity index (χ0n) is 12.3. The van der Waals surface area contributed by atoms with Gasteiger partial charge in [0, 0.05) is 31.1 Å². The molecular formula is C15H15N5O2. The second kappa shape index (κ2) is 5.80. The van der Waals surface area contributed by atoms with E-state index in [2.05, 4.69) is 20.6 Å². The van der Waals surface area contributed by atoms with Crippen molar-refractivity contribution in [3.8, 4) is 11.3 Å². The maximum absolute atomic E-state index is 11.9. The molecule has 0 atom stereocenters. The van der Waals surface area contributed by atoms with Crippen molar-refractivity contribution in [2.24, 2.45) is 7.05 Å². The lowest BCUT2D eigenvalue weighted by atomic mass is 10.2. The predicted octanol–water partition coefficient (Wildman–Crippen LogP) is 1.71. The van der Waals surface area contributed by atoms with Crippen molar-refractivity contribution in [3.63, 3.8) is 0 Å². The van der Waals surface area contributed by atoms with E-state index < -0.39 is 0 Å². The van der Waals surface area contributed by atoms with Crippen molar-refractivity contribution in [2.75, 3.05) is 0 Å². The summed E-state index contributed by atoms with van der Waals surface area (Å²) in [5.74, 6) is 0.325. The highest BCUT2D eigenvalue weighted by atomic mass is 16.5. The van der Waals surface area contributed by atoms with E-state index in [-0.39, 0.29) is 11.6 Å². The Morgan fingerprint density at radius 1 is 1.41 bits per heavy atom. The van der Waals surface area contributed by atoms with E-state index in [9.17, 15) is 4.79 Å². The molecule has 0 spiro atoms. The quantitative estimate of drug-likeness (QED) is 0.792. The van der Waals surface area contributed by atoms with Gasteiger partial charge in [-0.2, -0.15) is 5.10 Å². The molecule has 0 aliphatic carbocycles. The number of carbonyl (C=O) groups excluding carboxylic acids is 1. The molecule has 3 heterocycles. The SMILES string of the molecule is Cc1cc(C(=O)NCc2cc(-c3cccnc3)nn2C)no1. The second-order valence-corrected chi connectivity index (χ2v) is 4.89. The lowest BCUT2D eigenvalue weighted by Gasteiger charge is -2.02. The normalized spacial score (nSPS) is 10.6. The van der Waals surface area contributed by atoms with Crippen molar-refractivity contribution in [3.05, 3.63) is 53.8 Å². The van der Waals surface area contributed by atoms with Gasteiger partial charge in [-0.05, 0) is 25.1 Å². The fourth-order valence-electron chi connectivity index (χ4n) is 2.06. The van der Waals surface area contributed by atoms with Crippen LogP contribution in [0.4, 0.5) is 0 Å². The lowest BCUT2D eigenvalue weighted by molar-refractivity contribution is 0.0941. The smallest absolute Gasteiger partial charge is 0.273 e. The van der Waals surface area contributed by atoms with Crippen LogP contribution in [-0.4, -0.2) is 25.8 Å². The predicted molar refractivity (Wildman–Crippen MR) is 78.8 cm³/mol. The first kappa shape index (κ1) is 14.0. The molecule has 7 nitrogen and oxygen atoms in total. The van der Waals surface area contributed by atoms with Crippen LogP contribution in [0.3, 0.4) is 0 Å². The molecule has 0 bridgehead atoms. The minimum atomic E-state index is -0.277. The van der Waals surface area contributed by atoms with Gasteiger partial charge in [-0.3, -0.25) is 14.5 Å². The Bertz CT molecular complexity index is 791. The Labute approximate surface area is 127 Å². The van der Waals surface area contributed by atoms with E-state index in [1.54, 1.807) is 30.1 Å². The monoisotopic (exact) mass is 297 g/mol. The highest BCUT2D eigenvalue weighted by molar-refractivity contribution is 5.92. The minimum Gasteiger partial charge on any atom is -0.361 e. The van der Waals surface area contributed by atoms with E-state index in [0.717, 1.165) is 17.0 Å². The average Bonchev–Trinajstić information content (AvgIpc) is 3.12. The van der Waals surface area contributed by atoms with E-state index in [1.807, 2.05) is 25.2 Å². The zero-order valence-corrected chi connectivity index (χ0v) is 12.3. The molecule has 22 heavy (non-hydrogen) atoms. The lowest BCUT2D eigenvalue weighted by Crippen LogP contribution is -2.24. The van der Waals surface area contributed by atoms with Crippen molar-refractivity contribution < 1.29 is 9.32 Å². The van der Waals surface area contributed by atoms with Gasteiger partial charge in [-0.25, -0.2) is 0 Å². The summed E-state index contributed by atoms with van der Waals surface area (Å²) in [6, 6.07) is 7.32. The molecule has 3 aromatic heterocycles. The van der Waals surface area contributed by atoms with E-state index in [0.29, 0.717) is 12.3 Å². The van der Waals surface area contributed by atoms with Gasteiger partial charge in [0.1, 0.15) is 5.76 Å². The molecule has 112 valence electrons. The van der Waals surface area contributed by atoms with Gasteiger partial charge in [0.2, 0.25) is 0 Å². The fourth-order valence-corrected chi connectivity index (χ4v) is 2.06. The van der Waals surface area contributed by atoms with E-state index in [1.165, 1.54) is 0 Å². The van der Waals surface area contributed by atoms with E-state index in [4.69, 9.17) is 4.52 Å². The van der Waals surface area contributed by atoms with Crippen LogP contribution in [0.1, 0.15) is 21.9 Å². The van der Waals surface area contributed by atoms with Gasteiger partial charge in [-0.1, -0.05) is 5.16 Å². The van der Waals surface area contributed by atoms with Gasteiger partial charge < -0.3 is 9.84 Å². The third-order valence-electron chi connectivity index (χ3n) is 3.22. The standard InChI is InChI=1S/C15H15N5O2/c1-10-6-14(19-22-10)15(21)17-9-12-7-13(18-20(12)2)11-4-3-5-16-8-11/h3-8H,9H2,1-2H3,(H,17,21). The Morgan fingerprint density at radius 2 is 2.27 bits per heavy atom. The van der Waals surface area contributed by atoms with Gasteiger partial charge in [-0.15, -0.1) is 0 Å². The van der Waals surface area contributed by atoms with Crippen LogP contribution in [-0.2, 0) is 13.6 Å². The van der Waals surface area contributed by atoms with Crippen molar-refractivity contribution in [2.45, 2.75) is 13.5 Å². The number of pyridine rings is 1. The minimum absolute atomic E-state index is 0.271.